The highest BCUT2D eigenvalue weighted by molar-refractivity contribution is 5.92. The van der Waals surface area contributed by atoms with Crippen LogP contribution >= 0.6 is 0 Å². The summed E-state index contributed by atoms with van der Waals surface area (Å²) in [5.74, 6) is 1.48. The smallest absolute Gasteiger partial charge is 0.179 e. The number of fused-ring (bicyclic) bond motifs is 1. The summed E-state index contributed by atoms with van der Waals surface area (Å²) in [6.07, 6.45) is -0.360. The van der Waals surface area contributed by atoms with Crippen molar-refractivity contribution in [2.75, 3.05) is 38.7 Å². The predicted molar refractivity (Wildman–Crippen MR) is 133 cm³/mol. The fourth-order valence-electron chi connectivity index (χ4n) is 4.50. The van der Waals surface area contributed by atoms with Gasteiger partial charge in [0, 0.05) is 27.2 Å². The number of para-hydroxylation sites is 2. The summed E-state index contributed by atoms with van der Waals surface area (Å²) in [7, 11) is 3.90. The molecule has 0 bridgehead atoms. The van der Waals surface area contributed by atoms with Crippen molar-refractivity contribution in [3.63, 3.8) is 0 Å². The van der Waals surface area contributed by atoms with Gasteiger partial charge >= 0.3 is 0 Å². The van der Waals surface area contributed by atoms with Crippen LogP contribution in [-0.2, 0) is 4.74 Å². The Morgan fingerprint density at radius 1 is 1.06 bits per heavy atom. The van der Waals surface area contributed by atoms with E-state index in [0.29, 0.717) is 6.61 Å². The summed E-state index contributed by atoms with van der Waals surface area (Å²) in [4.78, 5) is 1.94. The normalized spacial score (nSPS) is 17.0. The Labute approximate surface area is 199 Å². The van der Waals surface area contributed by atoms with Crippen molar-refractivity contribution in [2.24, 2.45) is 0 Å². The lowest BCUT2D eigenvalue weighted by Crippen LogP contribution is -2.43. The van der Waals surface area contributed by atoms with Crippen LogP contribution in [0.15, 0.2) is 54.6 Å². The van der Waals surface area contributed by atoms with Crippen molar-refractivity contribution in [2.45, 2.75) is 26.1 Å². The quantitative estimate of drug-likeness (QED) is 0.473. The lowest BCUT2D eigenvalue weighted by molar-refractivity contribution is -0.0432. The van der Waals surface area contributed by atoms with E-state index >= 15 is 0 Å². The molecule has 2 aromatic carbocycles. The zero-order valence-corrected chi connectivity index (χ0v) is 20.0. The predicted octanol–water partition coefficient (Wildman–Crippen LogP) is 3.61. The molecule has 1 aliphatic rings. The highest BCUT2D eigenvalue weighted by Gasteiger charge is 2.29. The van der Waals surface area contributed by atoms with Crippen LogP contribution in [0.2, 0.25) is 0 Å². The molecule has 176 valence electrons. The van der Waals surface area contributed by atoms with Crippen LogP contribution in [0.25, 0.3) is 16.6 Å². The van der Waals surface area contributed by atoms with E-state index < -0.39 is 0 Å². The van der Waals surface area contributed by atoms with Gasteiger partial charge in [-0.05, 0) is 31.5 Å². The van der Waals surface area contributed by atoms with Gasteiger partial charge in [0.05, 0.1) is 23.4 Å². The number of nitrogens with one attached hydrogen (secondary N) is 1. The van der Waals surface area contributed by atoms with Crippen LogP contribution in [0.1, 0.15) is 23.1 Å². The molecule has 2 atom stereocenters. The van der Waals surface area contributed by atoms with Crippen LogP contribution in [0, 0.1) is 13.8 Å². The number of hydrogen-bond donors (Lipinski definition) is 1. The van der Waals surface area contributed by atoms with E-state index in [1.54, 1.807) is 0 Å². The Balaban J connectivity index is 1.60. The Hall–Kier alpha value is -3.49. The van der Waals surface area contributed by atoms with Crippen LogP contribution in [0.4, 0.5) is 5.82 Å². The van der Waals surface area contributed by atoms with Gasteiger partial charge in [-0.2, -0.15) is 10.2 Å². The molecule has 1 saturated heterocycles. The Kier molecular flexibility index (Phi) is 6.17. The molecule has 5 rings (SSSR count). The number of aromatic nitrogens is 4. The number of rotatable bonds is 6. The van der Waals surface area contributed by atoms with Gasteiger partial charge in [-0.15, -0.1) is 5.10 Å². The topological polar surface area (TPSA) is 77.3 Å². The molecule has 1 N–H and O–H groups in total. The fraction of sp³-hybridized carbons (Fsp3) is 0.346. The number of benzene rings is 2. The van der Waals surface area contributed by atoms with E-state index in [1.807, 2.05) is 73.1 Å². The van der Waals surface area contributed by atoms with Gasteiger partial charge in [0.2, 0.25) is 0 Å². The van der Waals surface area contributed by atoms with Gasteiger partial charge in [0.25, 0.3) is 0 Å². The maximum atomic E-state index is 6.72. The first-order valence-corrected chi connectivity index (χ1v) is 11.6. The van der Waals surface area contributed by atoms with Crippen LogP contribution in [-0.4, -0.2) is 59.9 Å². The van der Waals surface area contributed by atoms with Crippen molar-refractivity contribution < 1.29 is 9.47 Å². The zero-order valence-electron chi connectivity index (χ0n) is 20.0. The average molecular weight is 459 g/mol. The third kappa shape index (κ3) is 4.10. The first-order chi connectivity index (χ1) is 16.5. The van der Waals surface area contributed by atoms with Gasteiger partial charge in [0.15, 0.2) is 11.9 Å². The molecule has 8 nitrogen and oxygen atoms in total. The Morgan fingerprint density at radius 2 is 1.82 bits per heavy atom. The number of hydrogen-bond acceptors (Lipinski definition) is 7. The van der Waals surface area contributed by atoms with Crippen molar-refractivity contribution in [3.8, 4) is 11.4 Å². The number of anilines is 1. The van der Waals surface area contributed by atoms with Crippen molar-refractivity contribution in [3.05, 3.63) is 71.5 Å². The van der Waals surface area contributed by atoms with E-state index in [1.165, 1.54) is 0 Å². The number of ether oxygens (including phenoxy) is 2. The van der Waals surface area contributed by atoms with Crippen LogP contribution in [0.5, 0.6) is 5.75 Å². The first-order valence-electron chi connectivity index (χ1n) is 11.6. The molecule has 4 aromatic rings. The van der Waals surface area contributed by atoms with E-state index in [0.717, 1.165) is 58.2 Å². The van der Waals surface area contributed by atoms with Crippen LogP contribution in [0.3, 0.4) is 0 Å². The maximum Gasteiger partial charge on any atom is 0.179 e. The minimum Gasteiger partial charge on any atom is -0.481 e. The van der Waals surface area contributed by atoms with Gasteiger partial charge < -0.3 is 19.7 Å². The zero-order chi connectivity index (χ0) is 23.7. The third-order valence-corrected chi connectivity index (χ3v) is 6.18. The summed E-state index contributed by atoms with van der Waals surface area (Å²) in [6.45, 7) is 6.27. The minimum absolute atomic E-state index is 0.0991. The molecule has 0 amide bonds. The second-order valence-corrected chi connectivity index (χ2v) is 8.75. The van der Waals surface area contributed by atoms with Gasteiger partial charge in [0.1, 0.15) is 23.1 Å². The van der Waals surface area contributed by atoms with Crippen LogP contribution < -0.4 is 15.0 Å². The largest absolute Gasteiger partial charge is 0.481 e. The highest BCUT2D eigenvalue weighted by Crippen LogP contribution is 2.34. The third-order valence-electron chi connectivity index (χ3n) is 6.18. The van der Waals surface area contributed by atoms with E-state index in [-0.39, 0.29) is 12.2 Å². The Bertz CT molecular complexity index is 1280. The van der Waals surface area contributed by atoms with Crippen molar-refractivity contribution in [1.82, 2.24) is 25.3 Å². The summed E-state index contributed by atoms with van der Waals surface area (Å²) >= 11 is 0. The summed E-state index contributed by atoms with van der Waals surface area (Å²) in [6, 6.07) is 18.3. The molecule has 2 aromatic heterocycles. The molecule has 1 aliphatic heterocycles. The summed E-state index contributed by atoms with van der Waals surface area (Å²) in [5.41, 5.74) is 4.61. The summed E-state index contributed by atoms with van der Waals surface area (Å²) < 4.78 is 14.8. The maximum absolute atomic E-state index is 6.72. The SMILES string of the molecule is Cc1nnc(N(C)C)c2nn(-c3ccccc3O[C@@H](c3ccccc3)C3CNCCO3)c(C)c12. The standard InChI is InChI=1S/C26H30N6O2/c1-17-23-18(2)32(30-24(23)26(29-28-17)31(3)4)20-12-8-9-13-21(20)34-25(19-10-6-5-7-11-19)22-16-27-14-15-33-22/h5-13,22,25,27H,14-16H2,1-4H3/t22?,25-/m0/s1. The fourth-order valence-corrected chi connectivity index (χ4v) is 4.50. The molecule has 0 aliphatic carbocycles. The second kappa shape index (κ2) is 9.40. The molecule has 8 heteroatoms. The molecule has 0 spiro atoms. The van der Waals surface area contributed by atoms with E-state index in [9.17, 15) is 0 Å². The number of morpholine rings is 1. The molecule has 0 radical (unpaired) electrons. The minimum atomic E-state index is -0.261. The van der Waals surface area contributed by atoms with Gasteiger partial charge in [-0.1, -0.05) is 42.5 Å². The number of nitrogens with zero attached hydrogens (tertiary/aromatic N) is 5. The second-order valence-electron chi connectivity index (χ2n) is 8.75. The Morgan fingerprint density at radius 3 is 2.56 bits per heavy atom. The summed E-state index contributed by atoms with van der Waals surface area (Å²) in [5, 5.41) is 18.1. The molecular weight excluding hydrogens is 428 g/mol. The van der Waals surface area contributed by atoms with Gasteiger partial charge in [-0.3, -0.25) is 0 Å². The van der Waals surface area contributed by atoms with E-state index in [2.05, 4.69) is 34.6 Å². The highest BCUT2D eigenvalue weighted by atomic mass is 16.5. The number of aryl methyl sites for hydroxylation is 2. The van der Waals surface area contributed by atoms with Crippen molar-refractivity contribution >= 4 is 16.7 Å². The molecule has 34 heavy (non-hydrogen) atoms. The average Bonchev–Trinajstić information content (AvgIpc) is 3.21. The van der Waals surface area contributed by atoms with Gasteiger partial charge in [-0.25, -0.2) is 4.68 Å². The molecule has 0 saturated carbocycles. The molecule has 1 fully saturated rings. The first kappa shape index (κ1) is 22.3. The lowest BCUT2D eigenvalue weighted by Gasteiger charge is -2.32. The monoisotopic (exact) mass is 458 g/mol. The lowest BCUT2D eigenvalue weighted by atomic mass is 10.0. The molecule has 3 heterocycles. The molecule has 1 unspecified atom stereocenters. The van der Waals surface area contributed by atoms with E-state index in [4.69, 9.17) is 14.6 Å². The van der Waals surface area contributed by atoms with Crippen molar-refractivity contribution in [1.29, 1.82) is 0 Å². The molecular formula is C26H30N6O2.